The average molecular weight is 441 g/mol. The minimum atomic E-state index is -3.59. The van der Waals surface area contributed by atoms with E-state index < -0.39 is 21.3 Å². The molecule has 162 valence electrons. The Morgan fingerprint density at radius 3 is 2.32 bits per heavy atom. The van der Waals surface area contributed by atoms with Gasteiger partial charge >= 0.3 is 0 Å². The number of nitrogens with two attached hydrogens (primary N) is 1. The molecule has 0 atom stereocenters. The molecule has 1 amide bonds. The van der Waals surface area contributed by atoms with E-state index in [2.05, 4.69) is 15.4 Å². The molecule has 0 radical (unpaired) electrons. The largest absolute Gasteiger partial charge is 0.368 e. The maximum Gasteiger partial charge on any atom is 0.243 e. The van der Waals surface area contributed by atoms with Crippen molar-refractivity contribution < 1.29 is 13.2 Å². The number of piperidine rings is 1. The second-order valence-corrected chi connectivity index (χ2v) is 9.71. The van der Waals surface area contributed by atoms with E-state index >= 15 is 0 Å². The van der Waals surface area contributed by atoms with Gasteiger partial charge < -0.3 is 5.73 Å². The summed E-state index contributed by atoms with van der Waals surface area (Å²) in [6.45, 7) is 2.39. The topological polar surface area (TPSA) is 124 Å². The van der Waals surface area contributed by atoms with Crippen molar-refractivity contribution in [3.8, 4) is 0 Å². The van der Waals surface area contributed by atoms with E-state index in [1.165, 1.54) is 9.10 Å². The standard InChI is InChI=1S/C21H24N6O3S/c1-16-7-9-18(10-8-16)31(29,30)26-13-11-21(12-14-26,17-5-3-2-4-6-17)20-23-25-27(24-20)15-19(22)28/h2-10H,11-15H2,1H3,(H2,22,28). The first-order chi connectivity index (χ1) is 14.8. The van der Waals surface area contributed by atoms with Crippen LogP contribution in [0, 0.1) is 6.92 Å². The number of hydrogen-bond donors (Lipinski definition) is 1. The van der Waals surface area contributed by atoms with Crippen molar-refractivity contribution in [1.82, 2.24) is 24.5 Å². The van der Waals surface area contributed by atoms with Crippen LogP contribution < -0.4 is 5.73 Å². The van der Waals surface area contributed by atoms with Crippen LogP contribution in [0.15, 0.2) is 59.5 Å². The zero-order valence-electron chi connectivity index (χ0n) is 17.2. The lowest BCUT2D eigenvalue weighted by atomic mass is 9.72. The van der Waals surface area contributed by atoms with Crippen LogP contribution in [0.1, 0.15) is 29.8 Å². The Labute approximate surface area is 180 Å². The molecule has 2 aromatic carbocycles. The number of aromatic nitrogens is 4. The van der Waals surface area contributed by atoms with Gasteiger partial charge in [0, 0.05) is 13.1 Å². The highest BCUT2D eigenvalue weighted by molar-refractivity contribution is 7.89. The number of carbonyl (C=O) groups excluding carboxylic acids is 1. The Hall–Kier alpha value is -3.11. The number of carbonyl (C=O) groups is 1. The van der Waals surface area contributed by atoms with Crippen LogP contribution in [-0.2, 0) is 26.8 Å². The van der Waals surface area contributed by atoms with Gasteiger partial charge in [0.15, 0.2) is 5.82 Å². The summed E-state index contributed by atoms with van der Waals surface area (Å²) in [5, 5.41) is 12.6. The molecule has 0 aliphatic carbocycles. The lowest BCUT2D eigenvalue weighted by Crippen LogP contribution is -2.46. The molecule has 2 N–H and O–H groups in total. The fraction of sp³-hybridized carbons (Fsp3) is 0.333. The Kier molecular flexibility index (Phi) is 5.59. The third-order valence-electron chi connectivity index (χ3n) is 5.74. The smallest absolute Gasteiger partial charge is 0.243 e. The third kappa shape index (κ3) is 4.08. The zero-order chi connectivity index (χ0) is 22.1. The molecule has 2 heterocycles. The summed E-state index contributed by atoms with van der Waals surface area (Å²) in [6, 6.07) is 16.6. The Morgan fingerprint density at radius 2 is 1.71 bits per heavy atom. The predicted molar refractivity (Wildman–Crippen MR) is 113 cm³/mol. The molecule has 1 saturated heterocycles. The van der Waals surface area contributed by atoms with Crippen LogP contribution in [0.3, 0.4) is 0 Å². The first kappa shape index (κ1) is 21.1. The molecule has 1 aliphatic rings. The summed E-state index contributed by atoms with van der Waals surface area (Å²) in [5.74, 6) is -0.0935. The van der Waals surface area contributed by atoms with Crippen LogP contribution in [0.25, 0.3) is 0 Å². The van der Waals surface area contributed by atoms with Gasteiger partial charge in [0.25, 0.3) is 0 Å². The van der Waals surface area contributed by atoms with Crippen LogP contribution in [-0.4, -0.2) is 51.9 Å². The normalized spacial score (nSPS) is 16.8. The Balaban J connectivity index is 1.64. The molecule has 1 fully saturated rings. The number of primary amides is 1. The van der Waals surface area contributed by atoms with Crippen molar-refractivity contribution in [2.75, 3.05) is 13.1 Å². The van der Waals surface area contributed by atoms with Gasteiger partial charge in [0.05, 0.1) is 10.3 Å². The van der Waals surface area contributed by atoms with Crippen molar-refractivity contribution in [3.63, 3.8) is 0 Å². The van der Waals surface area contributed by atoms with E-state index in [0.717, 1.165) is 11.1 Å². The van der Waals surface area contributed by atoms with Crippen molar-refractivity contribution >= 4 is 15.9 Å². The highest BCUT2D eigenvalue weighted by Crippen LogP contribution is 2.40. The summed E-state index contributed by atoms with van der Waals surface area (Å²) < 4.78 is 27.8. The number of aryl methyl sites for hydroxylation is 1. The molecular formula is C21H24N6O3S. The van der Waals surface area contributed by atoms with Crippen LogP contribution >= 0.6 is 0 Å². The quantitative estimate of drug-likeness (QED) is 0.615. The lowest BCUT2D eigenvalue weighted by molar-refractivity contribution is -0.119. The number of amides is 1. The van der Waals surface area contributed by atoms with E-state index in [0.29, 0.717) is 31.8 Å². The van der Waals surface area contributed by atoms with Gasteiger partial charge in [-0.05, 0) is 42.7 Å². The SMILES string of the molecule is Cc1ccc(S(=O)(=O)N2CCC(c3ccccc3)(c3nnn(CC(N)=O)n3)CC2)cc1. The highest BCUT2D eigenvalue weighted by Gasteiger charge is 2.44. The summed E-state index contributed by atoms with van der Waals surface area (Å²) >= 11 is 0. The molecule has 10 heteroatoms. The maximum atomic E-state index is 13.1. The maximum absolute atomic E-state index is 13.1. The van der Waals surface area contributed by atoms with E-state index in [1.807, 2.05) is 37.3 Å². The number of hydrogen-bond acceptors (Lipinski definition) is 6. The number of nitrogens with zero attached hydrogens (tertiary/aromatic N) is 5. The van der Waals surface area contributed by atoms with E-state index in [-0.39, 0.29) is 11.4 Å². The van der Waals surface area contributed by atoms with Gasteiger partial charge in [-0.25, -0.2) is 8.42 Å². The highest BCUT2D eigenvalue weighted by atomic mass is 32.2. The molecule has 0 spiro atoms. The minimum absolute atomic E-state index is 0.161. The number of tetrazole rings is 1. The van der Waals surface area contributed by atoms with Crippen molar-refractivity contribution in [3.05, 3.63) is 71.5 Å². The molecule has 1 aromatic heterocycles. The fourth-order valence-electron chi connectivity index (χ4n) is 4.01. The van der Waals surface area contributed by atoms with Crippen LogP contribution in [0.2, 0.25) is 0 Å². The van der Waals surface area contributed by atoms with Crippen LogP contribution in [0.5, 0.6) is 0 Å². The summed E-state index contributed by atoms with van der Waals surface area (Å²) in [4.78, 5) is 12.7. The molecule has 9 nitrogen and oxygen atoms in total. The minimum Gasteiger partial charge on any atom is -0.368 e. The van der Waals surface area contributed by atoms with Gasteiger partial charge in [-0.3, -0.25) is 4.79 Å². The van der Waals surface area contributed by atoms with Crippen molar-refractivity contribution in [2.24, 2.45) is 5.73 Å². The molecule has 0 unspecified atom stereocenters. The number of rotatable bonds is 6. The van der Waals surface area contributed by atoms with Gasteiger partial charge in [-0.1, -0.05) is 48.0 Å². The van der Waals surface area contributed by atoms with E-state index in [4.69, 9.17) is 5.73 Å². The lowest BCUT2D eigenvalue weighted by Gasteiger charge is -2.39. The predicted octanol–water partition coefficient (Wildman–Crippen LogP) is 1.24. The zero-order valence-corrected chi connectivity index (χ0v) is 18.0. The second kappa shape index (κ2) is 8.20. The van der Waals surface area contributed by atoms with Crippen molar-refractivity contribution in [2.45, 2.75) is 36.6 Å². The molecule has 3 aromatic rings. The summed E-state index contributed by atoms with van der Waals surface area (Å²) in [7, 11) is -3.59. The summed E-state index contributed by atoms with van der Waals surface area (Å²) in [5.41, 5.74) is 6.64. The number of sulfonamides is 1. The van der Waals surface area contributed by atoms with Gasteiger partial charge in [-0.15, -0.1) is 10.2 Å². The molecule has 0 saturated carbocycles. The average Bonchev–Trinajstić information content (AvgIpc) is 3.23. The van der Waals surface area contributed by atoms with E-state index in [9.17, 15) is 13.2 Å². The van der Waals surface area contributed by atoms with Crippen molar-refractivity contribution in [1.29, 1.82) is 0 Å². The second-order valence-electron chi connectivity index (χ2n) is 7.78. The third-order valence-corrected chi connectivity index (χ3v) is 7.65. The van der Waals surface area contributed by atoms with Gasteiger partial charge in [-0.2, -0.15) is 9.10 Å². The molecule has 1 aliphatic heterocycles. The molecular weight excluding hydrogens is 416 g/mol. The monoisotopic (exact) mass is 440 g/mol. The van der Waals surface area contributed by atoms with Gasteiger partial charge in [0.2, 0.25) is 15.9 Å². The van der Waals surface area contributed by atoms with Gasteiger partial charge in [0.1, 0.15) is 6.54 Å². The van der Waals surface area contributed by atoms with E-state index in [1.54, 1.807) is 24.3 Å². The first-order valence-electron chi connectivity index (χ1n) is 10.0. The first-order valence-corrected chi connectivity index (χ1v) is 11.4. The molecule has 4 rings (SSSR count). The Morgan fingerprint density at radius 1 is 1.06 bits per heavy atom. The molecule has 0 bridgehead atoms. The Bertz CT molecular complexity index is 1170. The fourth-order valence-corrected chi connectivity index (χ4v) is 5.45. The summed E-state index contributed by atoms with van der Waals surface area (Å²) in [6.07, 6.45) is 0.981. The van der Waals surface area contributed by atoms with Crippen LogP contribution in [0.4, 0.5) is 0 Å². The number of benzene rings is 2. The molecule has 31 heavy (non-hydrogen) atoms.